The van der Waals surface area contributed by atoms with Gasteiger partial charge >= 0.3 is 6.36 Å². The van der Waals surface area contributed by atoms with Gasteiger partial charge < -0.3 is 25.0 Å². The maximum atomic E-state index is 13.1. The highest BCUT2D eigenvalue weighted by Crippen LogP contribution is 2.27. The molecule has 3 heterocycles. The zero-order valence-corrected chi connectivity index (χ0v) is 20.5. The molecule has 0 bridgehead atoms. The Morgan fingerprint density at radius 2 is 2.00 bits per heavy atom. The Morgan fingerprint density at radius 1 is 1.25 bits per heavy atom. The van der Waals surface area contributed by atoms with Crippen molar-refractivity contribution in [1.82, 2.24) is 15.3 Å². The van der Waals surface area contributed by atoms with Crippen LogP contribution in [-0.4, -0.2) is 61.8 Å². The number of anilines is 2. The molecule has 36 heavy (non-hydrogen) atoms. The summed E-state index contributed by atoms with van der Waals surface area (Å²) in [5.74, 6) is 1.08. The third-order valence-electron chi connectivity index (χ3n) is 6.70. The standard InChI is InChI=1S/C25H34F3N5O3/c1-17(18-7-9-20(10-8-18)36-25(26,27)28)4-2-6-21-22(30-19-5-3-11-29-16-19)31-24(32-23(21)34)33-12-14-35-15-13-33/h7-10,17,19,29H,2-6,11-16H2,1H3,(H2,30,31,32,34)/t17?,19-/m1/s1. The number of benzene rings is 1. The molecule has 2 aliphatic heterocycles. The van der Waals surface area contributed by atoms with E-state index in [1.54, 1.807) is 12.1 Å². The monoisotopic (exact) mass is 509 g/mol. The number of hydrogen-bond acceptors (Lipinski definition) is 7. The number of hydrogen-bond donors (Lipinski definition) is 3. The molecule has 11 heteroatoms. The Hall–Kier alpha value is -2.79. The van der Waals surface area contributed by atoms with Crippen LogP contribution in [-0.2, 0) is 11.2 Å². The van der Waals surface area contributed by atoms with Crippen molar-refractivity contribution in [2.75, 3.05) is 49.6 Å². The number of nitrogens with zero attached hydrogens (tertiary/aromatic N) is 2. The van der Waals surface area contributed by atoms with Gasteiger partial charge in [0.2, 0.25) is 5.95 Å². The van der Waals surface area contributed by atoms with Crippen LogP contribution < -0.4 is 25.8 Å². The highest BCUT2D eigenvalue weighted by atomic mass is 19.4. The van der Waals surface area contributed by atoms with E-state index in [9.17, 15) is 18.0 Å². The minimum absolute atomic E-state index is 0.114. The molecule has 0 saturated carbocycles. The number of aromatic nitrogens is 2. The largest absolute Gasteiger partial charge is 0.573 e. The number of halogens is 3. The number of morpholine rings is 1. The van der Waals surface area contributed by atoms with Crippen LogP contribution in [0.5, 0.6) is 5.75 Å². The third kappa shape index (κ3) is 7.36. The minimum atomic E-state index is -4.70. The summed E-state index contributed by atoms with van der Waals surface area (Å²) in [6, 6.07) is 6.18. The summed E-state index contributed by atoms with van der Waals surface area (Å²) in [5.41, 5.74) is 1.42. The Labute approximate surface area is 208 Å². The van der Waals surface area contributed by atoms with Gasteiger partial charge in [0.1, 0.15) is 11.6 Å². The predicted octanol–water partition coefficient (Wildman–Crippen LogP) is 3.80. The topological polar surface area (TPSA) is 91.5 Å². The van der Waals surface area contributed by atoms with Crippen molar-refractivity contribution >= 4 is 11.8 Å². The highest BCUT2D eigenvalue weighted by molar-refractivity contribution is 5.49. The molecule has 8 nitrogen and oxygen atoms in total. The summed E-state index contributed by atoms with van der Waals surface area (Å²) >= 11 is 0. The number of alkyl halides is 3. The Bertz CT molecular complexity index is 1030. The van der Waals surface area contributed by atoms with Crippen LogP contribution >= 0.6 is 0 Å². The van der Waals surface area contributed by atoms with Crippen molar-refractivity contribution < 1.29 is 22.6 Å². The van der Waals surface area contributed by atoms with Gasteiger partial charge in [-0.05, 0) is 62.3 Å². The first-order valence-corrected chi connectivity index (χ1v) is 12.6. The molecule has 3 N–H and O–H groups in total. The van der Waals surface area contributed by atoms with Crippen LogP contribution in [0.2, 0.25) is 0 Å². The fourth-order valence-electron chi connectivity index (χ4n) is 4.68. The van der Waals surface area contributed by atoms with E-state index in [0.29, 0.717) is 50.1 Å². The lowest BCUT2D eigenvalue weighted by atomic mass is 9.94. The van der Waals surface area contributed by atoms with Gasteiger partial charge in [-0.1, -0.05) is 19.1 Å². The van der Waals surface area contributed by atoms with Crippen LogP contribution in [0.25, 0.3) is 0 Å². The van der Waals surface area contributed by atoms with Crippen molar-refractivity contribution in [2.24, 2.45) is 0 Å². The van der Waals surface area contributed by atoms with E-state index >= 15 is 0 Å². The van der Waals surface area contributed by atoms with Gasteiger partial charge in [0.25, 0.3) is 5.56 Å². The Kier molecular flexibility index (Phi) is 8.73. The molecule has 2 aliphatic rings. The number of aromatic amines is 1. The summed E-state index contributed by atoms with van der Waals surface area (Å²) in [6.07, 6.45) is -0.565. The molecule has 1 unspecified atom stereocenters. The average Bonchev–Trinajstić information content (AvgIpc) is 2.86. The summed E-state index contributed by atoms with van der Waals surface area (Å²) in [5, 5.41) is 6.89. The molecule has 1 aromatic carbocycles. The van der Waals surface area contributed by atoms with E-state index in [1.165, 1.54) is 12.1 Å². The van der Waals surface area contributed by atoms with Gasteiger partial charge in [-0.3, -0.25) is 9.78 Å². The molecule has 0 spiro atoms. The van der Waals surface area contributed by atoms with Crippen molar-refractivity contribution in [2.45, 2.75) is 57.3 Å². The number of H-pyrrole nitrogens is 1. The molecule has 0 amide bonds. The number of piperidine rings is 1. The summed E-state index contributed by atoms with van der Waals surface area (Å²) in [4.78, 5) is 22.9. The van der Waals surface area contributed by atoms with E-state index in [0.717, 1.165) is 44.3 Å². The molecule has 0 aliphatic carbocycles. The van der Waals surface area contributed by atoms with E-state index < -0.39 is 6.36 Å². The van der Waals surface area contributed by atoms with Crippen LogP contribution in [0.1, 0.15) is 49.7 Å². The van der Waals surface area contributed by atoms with Gasteiger partial charge in [0.15, 0.2) is 0 Å². The van der Waals surface area contributed by atoms with Crippen LogP contribution in [0.3, 0.4) is 0 Å². The lowest BCUT2D eigenvalue weighted by Gasteiger charge is -2.29. The van der Waals surface area contributed by atoms with Crippen molar-refractivity contribution in [3.63, 3.8) is 0 Å². The lowest BCUT2D eigenvalue weighted by Crippen LogP contribution is -2.41. The summed E-state index contributed by atoms with van der Waals surface area (Å²) in [7, 11) is 0. The van der Waals surface area contributed by atoms with E-state index in [1.807, 2.05) is 11.8 Å². The zero-order valence-electron chi connectivity index (χ0n) is 20.5. The third-order valence-corrected chi connectivity index (χ3v) is 6.70. The van der Waals surface area contributed by atoms with Gasteiger partial charge in [-0.2, -0.15) is 4.98 Å². The quantitative estimate of drug-likeness (QED) is 0.474. The molecule has 2 fully saturated rings. The maximum absolute atomic E-state index is 13.1. The van der Waals surface area contributed by atoms with E-state index in [4.69, 9.17) is 9.72 Å². The second-order valence-corrected chi connectivity index (χ2v) is 9.41. The number of rotatable bonds is 9. The molecule has 198 valence electrons. The van der Waals surface area contributed by atoms with Crippen LogP contribution in [0, 0.1) is 0 Å². The molecule has 2 aromatic rings. The first kappa shape index (κ1) is 26.3. The molecule has 0 radical (unpaired) electrons. The average molecular weight is 510 g/mol. The van der Waals surface area contributed by atoms with Crippen molar-refractivity contribution in [3.8, 4) is 5.75 Å². The Morgan fingerprint density at radius 3 is 2.67 bits per heavy atom. The lowest BCUT2D eigenvalue weighted by molar-refractivity contribution is -0.274. The normalized spacial score (nSPS) is 19.7. The second kappa shape index (κ2) is 12.0. The van der Waals surface area contributed by atoms with Crippen LogP contribution in [0.15, 0.2) is 29.1 Å². The van der Waals surface area contributed by atoms with Gasteiger partial charge in [-0.25, -0.2) is 0 Å². The van der Waals surface area contributed by atoms with Gasteiger partial charge in [0.05, 0.1) is 18.8 Å². The van der Waals surface area contributed by atoms with E-state index in [2.05, 4.69) is 20.4 Å². The zero-order chi connectivity index (χ0) is 25.5. The first-order chi connectivity index (χ1) is 17.3. The minimum Gasteiger partial charge on any atom is -0.406 e. The summed E-state index contributed by atoms with van der Waals surface area (Å²) < 4.78 is 46.6. The van der Waals surface area contributed by atoms with Crippen molar-refractivity contribution in [3.05, 3.63) is 45.7 Å². The van der Waals surface area contributed by atoms with E-state index in [-0.39, 0.29) is 23.3 Å². The molecule has 1 aromatic heterocycles. The molecular formula is C25H34F3N5O3. The summed E-state index contributed by atoms with van der Waals surface area (Å²) in [6.45, 7) is 6.40. The number of ether oxygens (including phenoxy) is 2. The second-order valence-electron chi connectivity index (χ2n) is 9.41. The number of nitrogens with one attached hydrogen (secondary N) is 3. The van der Waals surface area contributed by atoms with Crippen LogP contribution in [0.4, 0.5) is 24.9 Å². The first-order valence-electron chi connectivity index (χ1n) is 12.6. The molecule has 4 rings (SSSR count). The molecule has 2 saturated heterocycles. The highest BCUT2D eigenvalue weighted by Gasteiger charge is 2.31. The SMILES string of the molecule is CC(CCCc1c(N[C@@H]2CCCNC2)nc(N2CCOCC2)[nH]c1=O)c1ccc(OC(F)(F)F)cc1. The fourth-order valence-corrected chi connectivity index (χ4v) is 4.68. The smallest absolute Gasteiger partial charge is 0.406 e. The van der Waals surface area contributed by atoms with Gasteiger partial charge in [0, 0.05) is 25.7 Å². The van der Waals surface area contributed by atoms with Gasteiger partial charge in [-0.15, -0.1) is 13.2 Å². The molecule has 2 atom stereocenters. The fraction of sp³-hybridized carbons (Fsp3) is 0.600. The van der Waals surface area contributed by atoms with Crippen molar-refractivity contribution in [1.29, 1.82) is 0 Å². The maximum Gasteiger partial charge on any atom is 0.573 e. The predicted molar refractivity (Wildman–Crippen MR) is 132 cm³/mol. The molecular weight excluding hydrogens is 475 g/mol. The Balaban J connectivity index is 1.43.